The minimum absolute atomic E-state index is 0.0697. The van der Waals surface area contributed by atoms with E-state index in [1.165, 1.54) is 31.5 Å². The number of benzene rings is 2. The summed E-state index contributed by atoms with van der Waals surface area (Å²) in [7, 11) is -2.92. The number of hydrogen-bond acceptors (Lipinski definition) is 8. The van der Waals surface area contributed by atoms with Crippen LogP contribution in [-0.2, 0) is 14.8 Å². The third-order valence-corrected chi connectivity index (χ3v) is 6.79. The Morgan fingerprint density at radius 3 is 2.49 bits per heavy atom. The number of pyridine rings is 1. The predicted molar refractivity (Wildman–Crippen MR) is 118 cm³/mol. The fourth-order valence-electron chi connectivity index (χ4n) is 3.13. The second kappa shape index (κ2) is 9.11. The summed E-state index contributed by atoms with van der Waals surface area (Å²) in [6.45, 7) is 0. The number of esters is 1. The highest BCUT2D eigenvalue weighted by molar-refractivity contribution is 7.93. The van der Waals surface area contributed by atoms with Crippen molar-refractivity contribution >= 4 is 43.2 Å². The first-order valence-electron chi connectivity index (χ1n) is 9.47. The maximum atomic E-state index is 13.7. The minimum atomic E-state index is -5.30. The molecule has 14 heteroatoms. The number of thiazole rings is 1. The lowest BCUT2D eigenvalue weighted by Crippen LogP contribution is -2.28. The SMILES string of the molecule is COc1cc(F)ccc1-c1ncc(OC(=O)C(F)(F)F)c2cc(S(=O)(=O)Nc3nccs3)ccc12. The van der Waals surface area contributed by atoms with Gasteiger partial charge >= 0.3 is 12.1 Å². The number of carbonyl (C=O) groups excluding carboxylic acids is 1. The third-order valence-electron chi connectivity index (χ3n) is 4.64. The summed E-state index contributed by atoms with van der Waals surface area (Å²) in [6, 6.07) is 7.05. The number of methoxy groups -OCH3 is 1. The van der Waals surface area contributed by atoms with E-state index in [9.17, 15) is 30.8 Å². The molecule has 0 spiro atoms. The molecule has 35 heavy (non-hydrogen) atoms. The number of fused-ring (bicyclic) bond motifs is 1. The molecule has 2 aromatic heterocycles. The van der Waals surface area contributed by atoms with Gasteiger partial charge in [-0.2, -0.15) is 13.2 Å². The number of halogens is 4. The summed E-state index contributed by atoms with van der Waals surface area (Å²) < 4.78 is 89.7. The smallest absolute Gasteiger partial charge is 0.491 e. The zero-order chi connectivity index (χ0) is 25.4. The van der Waals surface area contributed by atoms with Crippen molar-refractivity contribution in [1.29, 1.82) is 0 Å². The summed E-state index contributed by atoms with van der Waals surface area (Å²) in [5, 5.41) is 1.57. The quantitative estimate of drug-likeness (QED) is 0.284. The van der Waals surface area contributed by atoms with E-state index in [2.05, 4.69) is 19.4 Å². The molecule has 0 amide bonds. The van der Waals surface area contributed by atoms with Gasteiger partial charge in [-0.15, -0.1) is 11.3 Å². The number of rotatable bonds is 6. The standard InChI is InChI=1S/C21H13F4N3O5S2/c1-32-16-8-11(22)2-4-14(16)18-13-5-3-12(35(30,31)28-20-26-6-7-34-20)9-15(13)17(10-27-18)33-19(29)21(23,24)25/h2-10H,1H3,(H,26,28). The topological polar surface area (TPSA) is 107 Å². The lowest BCUT2D eigenvalue weighted by atomic mass is 10.0. The summed E-state index contributed by atoms with van der Waals surface area (Å²) in [5.41, 5.74) is 0.393. The van der Waals surface area contributed by atoms with Crippen LogP contribution in [0.5, 0.6) is 11.5 Å². The molecule has 0 aliphatic rings. The maximum Gasteiger partial charge on any atom is 0.491 e. The summed E-state index contributed by atoms with van der Waals surface area (Å²) in [6.07, 6.45) is -3.08. The Morgan fingerprint density at radius 1 is 1.06 bits per heavy atom. The van der Waals surface area contributed by atoms with Crippen LogP contribution in [-0.4, -0.2) is 37.6 Å². The number of anilines is 1. The first-order chi connectivity index (χ1) is 16.5. The molecule has 8 nitrogen and oxygen atoms in total. The van der Waals surface area contributed by atoms with Gasteiger partial charge in [0.2, 0.25) is 0 Å². The van der Waals surface area contributed by atoms with E-state index in [0.717, 1.165) is 35.7 Å². The van der Waals surface area contributed by atoms with E-state index < -0.39 is 33.7 Å². The van der Waals surface area contributed by atoms with E-state index in [1.807, 2.05) is 0 Å². The lowest BCUT2D eigenvalue weighted by Gasteiger charge is -2.15. The summed E-state index contributed by atoms with van der Waals surface area (Å²) in [5.74, 6) is -3.67. The molecule has 0 saturated heterocycles. The van der Waals surface area contributed by atoms with Gasteiger partial charge in [-0.25, -0.2) is 22.6 Å². The zero-order valence-electron chi connectivity index (χ0n) is 17.5. The van der Waals surface area contributed by atoms with Gasteiger partial charge in [0.25, 0.3) is 10.0 Å². The van der Waals surface area contributed by atoms with Crippen LogP contribution < -0.4 is 14.2 Å². The Balaban J connectivity index is 1.91. The van der Waals surface area contributed by atoms with E-state index in [1.54, 1.807) is 5.38 Å². The number of nitrogens with zero attached hydrogens (tertiary/aromatic N) is 2. The van der Waals surface area contributed by atoms with Gasteiger partial charge in [0, 0.05) is 34.0 Å². The van der Waals surface area contributed by atoms with Crippen molar-refractivity contribution in [2.45, 2.75) is 11.1 Å². The molecule has 182 valence electrons. The number of sulfonamides is 1. The van der Waals surface area contributed by atoms with Crippen LogP contribution in [0.4, 0.5) is 22.7 Å². The average molecular weight is 527 g/mol. The Bertz CT molecular complexity index is 1520. The molecule has 0 radical (unpaired) electrons. The largest absolute Gasteiger partial charge is 0.496 e. The first kappa shape index (κ1) is 24.3. The Hall–Kier alpha value is -3.78. The maximum absolute atomic E-state index is 13.7. The van der Waals surface area contributed by atoms with Crippen molar-refractivity contribution in [3.8, 4) is 22.8 Å². The summed E-state index contributed by atoms with van der Waals surface area (Å²) >= 11 is 1.02. The fraction of sp³-hybridized carbons (Fsp3) is 0.0952. The molecule has 4 rings (SSSR count). The van der Waals surface area contributed by atoms with Gasteiger partial charge in [-0.1, -0.05) is 6.07 Å². The molecule has 0 fully saturated rings. The van der Waals surface area contributed by atoms with Gasteiger partial charge in [-0.05, 0) is 24.3 Å². The molecule has 0 atom stereocenters. The van der Waals surface area contributed by atoms with Crippen LogP contribution in [0, 0.1) is 5.82 Å². The molecule has 1 N–H and O–H groups in total. The van der Waals surface area contributed by atoms with E-state index >= 15 is 0 Å². The highest BCUT2D eigenvalue weighted by Gasteiger charge is 2.41. The van der Waals surface area contributed by atoms with Crippen LogP contribution in [0.2, 0.25) is 0 Å². The number of alkyl halides is 3. The van der Waals surface area contributed by atoms with Crippen LogP contribution in [0.1, 0.15) is 0 Å². The molecule has 2 heterocycles. The number of carbonyl (C=O) groups is 1. The normalized spacial score (nSPS) is 11.9. The van der Waals surface area contributed by atoms with Crippen molar-refractivity contribution in [3.05, 3.63) is 60.0 Å². The molecular weight excluding hydrogens is 514 g/mol. The zero-order valence-corrected chi connectivity index (χ0v) is 19.1. The highest BCUT2D eigenvalue weighted by atomic mass is 32.2. The molecular formula is C21H13F4N3O5S2. The van der Waals surface area contributed by atoms with Gasteiger partial charge in [-0.3, -0.25) is 9.71 Å². The van der Waals surface area contributed by atoms with Gasteiger partial charge in [0.15, 0.2) is 10.9 Å². The average Bonchev–Trinajstić information content (AvgIpc) is 3.30. The van der Waals surface area contributed by atoms with Crippen molar-refractivity contribution in [1.82, 2.24) is 9.97 Å². The van der Waals surface area contributed by atoms with Crippen LogP contribution in [0.3, 0.4) is 0 Å². The van der Waals surface area contributed by atoms with Crippen LogP contribution >= 0.6 is 11.3 Å². The number of aromatic nitrogens is 2. The predicted octanol–water partition coefficient (Wildman–Crippen LogP) is 4.77. The molecule has 2 aromatic carbocycles. The second-order valence-electron chi connectivity index (χ2n) is 6.85. The Labute approximate surface area is 199 Å². The van der Waals surface area contributed by atoms with E-state index in [4.69, 9.17) is 4.74 Å². The molecule has 0 unspecified atom stereocenters. The number of ether oxygens (including phenoxy) is 2. The lowest BCUT2D eigenvalue weighted by molar-refractivity contribution is -0.189. The number of nitrogens with one attached hydrogen (secondary N) is 1. The Morgan fingerprint density at radius 2 is 1.83 bits per heavy atom. The van der Waals surface area contributed by atoms with Crippen LogP contribution in [0.15, 0.2) is 59.1 Å². The van der Waals surface area contributed by atoms with Crippen molar-refractivity contribution in [2.75, 3.05) is 11.8 Å². The molecule has 0 bridgehead atoms. The summed E-state index contributed by atoms with van der Waals surface area (Å²) in [4.78, 5) is 19.1. The van der Waals surface area contributed by atoms with Crippen molar-refractivity contribution < 1.29 is 40.2 Å². The first-order valence-corrected chi connectivity index (χ1v) is 11.8. The van der Waals surface area contributed by atoms with Gasteiger partial charge < -0.3 is 9.47 Å². The Kier molecular flexibility index (Phi) is 6.34. The molecule has 0 aliphatic heterocycles. The molecule has 0 saturated carbocycles. The third kappa shape index (κ3) is 5.02. The second-order valence-corrected chi connectivity index (χ2v) is 9.43. The van der Waals surface area contributed by atoms with Crippen molar-refractivity contribution in [2.24, 2.45) is 0 Å². The van der Waals surface area contributed by atoms with Gasteiger partial charge in [0.1, 0.15) is 11.6 Å². The number of hydrogen-bond donors (Lipinski definition) is 1. The van der Waals surface area contributed by atoms with E-state index in [-0.39, 0.29) is 37.8 Å². The van der Waals surface area contributed by atoms with Crippen molar-refractivity contribution in [3.63, 3.8) is 0 Å². The van der Waals surface area contributed by atoms with Gasteiger partial charge in [0.05, 0.1) is 23.9 Å². The highest BCUT2D eigenvalue weighted by Crippen LogP contribution is 2.38. The van der Waals surface area contributed by atoms with Crippen LogP contribution in [0.25, 0.3) is 22.0 Å². The minimum Gasteiger partial charge on any atom is -0.496 e. The molecule has 0 aliphatic carbocycles. The van der Waals surface area contributed by atoms with E-state index in [0.29, 0.717) is 0 Å². The molecule has 4 aromatic rings. The fourth-order valence-corrected chi connectivity index (χ4v) is 4.94. The monoisotopic (exact) mass is 527 g/mol.